The van der Waals surface area contributed by atoms with E-state index in [1.807, 2.05) is 39.8 Å². The maximum atomic E-state index is 11.9. The molecule has 23 heavy (non-hydrogen) atoms. The van der Waals surface area contributed by atoms with Crippen molar-refractivity contribution in [2.24, 2.45) is 5.41 Å². The summed E-state index contributed by atoms with van der Waals surface area (Å²) in [6, 6.07) is 8.19. The Morgan fingerprint density at radius 1 is 1.17 bits per heavy atom. The molecule has 0 spiro atoms. The van der Waals surface area contributed by atoms with E-state index in [2.05, 4.69) is 38.7 Å². The number of nitrogens with one attached hydrogen (secondary N) is 2. The minimum Gasteiger partial charge on any atom is -0.356 e. The Kier molecular flexibility index (Phi) is 7.76. The van der Waals surface area contributed by atoms with E-state index in [0.717, 1.165) is 10.9 Å². The maximum Gasteiger partial charge on any atom is 0.225 e. The topological polar surface area (TPSA) is 58.2 Å². The first-order valence-electron chi connectivity index (χ1n) is 8.00. The number of hydrogen-bond donors (Lipinski definition) is 2. The second-order valence-corrected chi connectivity index (χ2v) is 7.82. The summed E-state index contributed by atoms with van der Waals surface area (Å²) in [7, 11) is 0. The van der Waals surface area contributed by atoms with E-state index in [4.69, 9.17) is 0 Å². The van der Waals surface area contributed by atoms with Crippen molar-refractivity contribution >= 4 is 27.7 Å². The minimum atomic E-state index is -0.387. The monoisotopic (exact) mass is 382 g/mol. The van der Waals surface area contributed by atoms with Crippen LogP contribution in [0.15, 0.2) is 28.7 Å². The number of hydrogen-bond acceptors (Lipinski definition) is 2. The summed E-state index contributed by atoms with van der Waals surface area (Å²) in [6.07, 6.45) is 1.88. The summed E-state index contributed by atoms with van der Waals surface area (Å²) >= 11 is 3.41. The van der Waals surface area contributed by atoms with Crippen molar-refractivity contribution in [2.45, 2.75) is 53.0 Å². The zero-order valence-electron chi connectivity index (χ0n) is 14.4. The molecule has 5 heteroatoms. The van der Waals surface area contributed by atoms with Gasteiger partial charge in [0.25, 0.3) is 0 Å². The number of benzene rings is 1. The fourth-order valence-electron chi connectivity index (χ4n) is 2.09. The second kappa shape index (κ2) is 9.06. The third-order valence-electron chi connectivity index (χ3n) is 3.41. The molecule has 1 rings (SSSR count). The summed E-state index contributed by atoms with van der Waals surface area (Å²) in [5, 5.41) is 5.85. The predicted molar refractivity (Wildman–Crippen MR) is 97.1 cm³/mol. The number of carbonyl (C=O) groups is 2. The molecule has 1 atom stereocenters. The van der Waals surface area contributed by atoms with Gasteiger partial charge in [0.2, 0.25) is 11.8 Å². The van der Waals surface area contributed by atoms with Gasteiger partial charge in [0.15, 0.2) is 0 Å². The van der Waals surface area contributed by atoms with Gasteiger partial charge in [-0.15, -0.1) is 0 Å². The van der Waals surface area contributed by atoms with E-state index in [0.29, 0.717) is 19.4 Å². The Morgan fingerprint density at radius 3 is 2.35 bits per heavy atom. The Balaban J connectivity index is 2.23. The molecule has 0 aliphatic heterocycles. The van der Waals surface area contributed by atoms with Crippen LogP contribution < -0.4 is 10.6 Å². The first kappa shape index (κ1) is 19.7. The molecule has 1 aromatic rings. The van der Waals surface area contributed by atoms with E-state index < -0.39 is 0 Å². The fraction of sp³-hybridized carbons (Fsp3) is 0.556. The van der Waals surface area contributed by atoms with Crippen molar-refractivity contribution in [3.63, 3.8) is 0 Å². The molecule has 4 nitrogen and oxygen atoms in total. The predicted octanol–water partition coefficient (Wildman–Crippen LogP) is 3.44. The molecule has 1 unspecified atom stereocenters. The van der Waals surface area contributed by atoms with Gasteiger partial charge in [0.1, 0.15) is 0 Å². The molecule has 128 valence electrons. The van der Waals surface area contributed by atoms with Gasteiger partial charge in [-0.25, -0.2) is 0 Å². The van der Waals surface area contributed by atoms with Crippen LogP contribution in [-0.2, 0) is 16.0 Å². The van der Waals surface area contributed by atoms with Crippen molar-refractivity contribution in [1.29, 1.82) is 0 Å². The molecule has 0 saturated carbocycles. The molecule has 0 aromatic heterocycles. The van der Waals surface area contributed by atoms with Crippen molar-refractivity contribution in [1.82, 2.24) is 10.6 Å². The summed E-state index contributed by atoms with van der Waals surface area (Å²) < 4.78 is 1.05. The number of carbonyl (C=O) groups excluding carboxylic acids is 2. The van der Waals surface area contributed by atoms with Crippen LogP contribution in [0.4, 0.5) is 0 Å². The van der Waals surface area contributed by atoms with Gasteiger partial charge < -0.3 is 10.6 Å². The standard InChI is InChI=1S/C18H27BrN2O2/c1-13(12-14-7-9-15(19)10-8-14)21-16(22)6-5-11-20-17(23)18(2,3)4/h7-10,13H,5-6,11-12H2,1-4H3,(H,20,23)(H,21,22). The average Bonchev–Trinajstić information content (AvgIpc) is 2.44. The molecule has 0 radical (unpaired) electrons. The van der Waals surface area contributed by atoms with Gasteiger partial charge >= 0.3 is 0 Å². The lowest BCUT2D eigenvalue weighted by atomic mass is 9.96. The normalized spacial score (nSPS) is 12.6. The Labute approximate surface area is 147 Å². The van der Waals surface area contributed by atoms with Gasteiger partial charge in [-0.3, -0.25) is 9.59 Å². The van der Waals surface area contributed by atoms with Crippen molar-refractivity contribution in [3.05, 3.63) is 34.3 Å². The lowest BCUT2D eigenvalue weighted by molar-refractivity contribution is -0.128. The highest BCUT2D eigenvalue weighted by Gasteiger charge is 2.20. The molecular formula is C18H27BrN2O2. The quantitative estimate of drug-likeness (QED) is 0.709. The van der Waals surface area contributed by atoms with Crippen LogP contribution in [0.5, 0.6) is 0 Å². The molecule has 1 aromatic carbocycles. The molecule has 0 bridgehead atoms. The lowest BCUT2D eigenvalue weighted by Gasteiger charge is -2.18. The zero-order valence-corrected chi connectivity index (χ0v) is 16.0. The van der Waals surface area contributed by atoms with Crippen LogP contribution in [0.2, 0.25) is 0 Å². The first-order valence-corrected chi connectivity index (χ1v) is 8.80. The van der Waals surface area contributed by atoms with E-state index in [9.17, 15) is 9.59 Å². The number of rotatable bonds is 7. The van der Waals surface area contributed by atoms with Gasteiger partial charge in [0, 0.05) is 28.9 Å². The van der Waals surface area contributed by atoms with E-state index in [1.165, 1.54) is 5.56 Å². The Hall–Kier alpha value is -1.36. The Morgan fingerprint density at radius 2 is 1.78 bits per heavy atom. The largest absolute Gasteiger partial charge is 0.356 e. The maximum absolute atomic E-state index is 11.9. The van der Waals surface area contributed by atoms with Gasteiger partial charge in [-0.1, -0.05) is 48.8 Å². The van der Waals surface area contributed by atoms with Crippen molar-refractivity contribution in [2.75, 3.05) is 6.54 Å². The molecule has 0 fully saturated rings. The van der Waals surface area contributed by atoms with Crippen molar-refractivity contribution in [3.8, 4) is 0 Å². The molecule has 2 N–H and O–H groups in total. The zero-order chi connectivity index (χ0) is 17.5. The third-order valence-corrected chi connectivity index (χ3v) is 3.94. The first-order chi connectivity index (χ1) is 10.7. The molecule has 0 heterocycles. The number of amides is 2. The molecule has 0 saturated heterocycles. The summed E-state index contributed by atoms with van der Waals surface area (Å²) in [5.74, 6) is 0.0427. The van der Waals surface area contributed by atoms with Crippen LogP contribution in [0, 0.1) is 5.41 Å². The highest BCUT2D eigenvalue weighted by Crippen LogP contribution is 2.13. The van der Waals surface area contributed by atoms with Crippen LogP contribution >= 0.6 is 15.9 Å². The summed E-state index contributed by atoms with van der Waals surface area (Å²) in [6.45, 7) is 8.16. The summed E-state index contributed by atoms with van der Waals surface area (Å²) in [4.78, 5) is 23.6. The summed E-state index contributed by atoms with van der Waals surface area (Å²) in [5.41, 5.74) is 0.806. The van der Waals surface area contributed by atoms with Crippen LogP contribution in [0.25, 0.3) is 0 Å². The van der Waals surface area contributed by atoms with E-state index in [-0.39, 0.29) is 23.3 Å². The second-order valence-electron chi connectivity index (χ2n) is 6.91. The lowest BCUT2D eigenvalue weighted by Crippen LogP contribution is -2.37. The highest BCUT2D eigenvalue weighted by molar-refractivity contribution is 9.10. The minimum absolute atomic E-state index is 0.0153. The van der Waals surface area contributed by atoms with Gasteiger partial charge in [0.05, 0.1) is 0 Å². The van der Waals surface area contributed by atoms with Gasteiger partial charge in [-0.05, 0) is 37.5 Å². The smallest absolute Gasteiger partial charge is 0.225 e. The SMILES string of the molecule is CC(Cc1ccc(Br)cc1)NC(=O)CCCNC(=O)C(C)(C)C. The molecule has 0 aliphatic rings. The van der Waals surface area contributed by atoms with Crippen LogP contribution in [0.3, 0.4) is 0 Å². The third kappa shape index (κ3) is 8.16. The average molecular weight is 383 g/mol. The van der Waals surface area contributed by atoms with Crippen molar-refractivity contribution < 1.29 is 9.59 Å². The van der Waals surface area contributed by atoms with Gasteiger partial charge in [-0.2, -0.15) is 0 Å². The number of halogens is 1. The van der Waals surface area contributed by atoms with Crippen LogP contribution in [-0.4, -0.2) is 24.4 Å². The molecule has 2 amide bonds. The molecular weight excluding hydrogens is 356 g/mol. The molecule has 0 aliphatic carbocycles. The fourth-order valence-corrected chi connectivity index (χ4v) is 2.35. The Bertz CT molecular complexity index is 521. The van der Waals surface area contributed by atoms with E-state index in [1.54, 1.807) is 0 Å². The van der Waals surface area contributed by atoms with Crippen LogP contribution in [0.1, 0.15) is 46.1 Å². The highest BCUT2D eigenvalue weighted by atomic mass is 79.9. The van der Waals surface area contributed by atoms with E-state index >= 15 is 0 Å².